The van der Waals surface area contributed by atoms with Gasteiger partial charge in [-0.1, -0.05) is 30.3 Å². The Morgan fingerprint density at radius 1 is 1.22 bits per heavy atom. The Bertz CT molecular complexity index is 758. The molecule has 0 radical (unpaired) electrons. The summed E-state index contributed by atoms with van der Waals surface area (Å²) in [7, 11) is 3.41. The molecule has 2 aromatic rings. The highest BCUT2D eigenvalue weighted by Crippen LogP contribution is 2.25. The van der Waals surface area contributed by atoms with E-state index in [2.05, 4.69) is 35.7 Å². The molecule has 1 fully saturated rings. The molecule has 1 aromatic heterocycles. The maximum Gasteiger partial charge on any atom is 0.227 e. The SMILES string of the molecule is COCCC(=O)N1CCN(C)C(=O)C(Cc2ccc(-c3cccs3)cc2)C1. The van der Waals surface area contributed by atoms with Crippen molar-refractivity contribution < 1.29 is 14.3 Å². The predicted molar refractivity (Wildman–Crippen MR) is 108 cm³/mol. The van der Waals surface area contributed by atoms with E-state index in [4.69, 9.17) is 4.74 Å². The standard InChI is InChI=1S/C21H26N2O3S/c1-22-10-11-23(20(24)9-12-26-2)15-18(21(22)25)14-16-5-7-17(8-6-16)19-4-3-13-27-19/h3-8,13,18H,9-12,14-15H2,1-2H3. The second-order valence-corrected chi connectivity index (χ2v) is 7.87. The first kappa shape index (κ1) is 19.6. The number of likely N-dealkylation sites (N-methyl/N-ethyl adjacent to an activating group) is 1. The molecule has 1 aliphatic rings. The van der Waals surface area contributed by atoms with Gasteiger partial charge in [0.15, 0.2) is 0 Å². The first-order chi connectivity index (χ1) is 13.1. The molecule has 1 aromatic carbocycles. The summed E-state index contributed by atoms with van der Waals surface area (Å²) in [6.07, 6.45) is 0.999. The van der Waals surface area contributed by atoms with Crippen molar-refractivity contribution in [3.8, 4) is 10.4 Å². The molecule has 0 spiro atoms. The summed E-state index contributed by atoms with van der Waals surface area (Å²) < 4.78 is 5.02. The number of benzene rings is 1. The summed E-state index contributed by atoms with van der Waals surface area (Å²) in [5.74, 6) is -0.0473. The van der Waals surface area contributed by atoms with E-state index in [1.54, 1.807) is 23.3 Å². The van der Waals surface area contributed by atoms with Crippen molar-refractivity contribution in [1.29, 1.82) is 0 Å². The summed E-state index contributed by atoms with van der Waals surface area (Å²) in [5.41, 5.74) is 2.31. The third kappa shape index (κ3) is 4.96. The van der Waals surface area contributed by atoms with E-state index in [0.717, 1.165) is 5.56 Å². The average molecular weight is 387 g/mol. The van der Waals surface area contributed by atoms with Gasteiger partial charge >= 0.3 is 0 Å². The molecule has 144 valence electrons. The molecule has 27 heavy (non-hydrogen) atoms. The number of nitrogens with zero attached hydrogens (tertiary/aromatic N) is 2. The quantitative estimate of drug-likeness (QED) is 0.767. The molecule has 6 heteroatoms. The highest BCUT2D eigenvalue weighted by atomic mass is 32.1. The van der Waals surface area contributed by atoms with Gasteiger partial charge in [-0.15, -0.1) is 11.3 Å². The lowest BCUT2D eigenvalue weighted by atomic mass is 9.96. The molecule has 5 nitrogen and oxygen atoms in total. The molecule has 1 saturated heterocycles. The molecule has 2 amide bonds. The molecule has 3 rings (SSSR count). The maximum atomic E-state index is 12.8. The first-order valence-electron chi connectivity index (χ1n) is 9.23. The minimum Gasteiger partial charge on any atom is -0.384 e. The molecule has 0 saturated carbocycles. The van der Waals surface area contributed by atoms with Crippen molar-refractivity contribution in [1.82, 2.24) is 9.80 Å². The van der Waals surface area contributed by atoms with Crippen molar-refractivity contribution >= 4 is 23.2 Å². The zero-order chi connectivity index (χ0) is 19.2. The van der Waals surface area contributed by atoms with Gasteiger partial charge in [-0.25, -0.2) is 0 Å². The Hall–Kier alpha value is -2.18. The highest BCUT2D eigenvalue weighted by molar-refractivity contribution is 7.13. The Morgan fingerprint density at radius 2 is 2.00 bits per heavy atom. The second-order valence-electron chi connectivity index (χ2n) is 6.92. The number of methoxy groups -OCH3 is 1. The fraction of sp³-hybridized carbons (Fsp3) is 0.429. The van der Waals surface area contributed by atoms with Crippen LogP contribution in [0.2, 0.25) is 0 Å². The van der Waals surface area contributed by atoms with Gasteiger partial charge in [-0.2, -0.15) is 0 Å². The van der Waals surface area contributed by atoms with Crippen molar-refractivity contribution in [3.05, 3.63) is 47.3 Å². The number of rotatable bonds is 6. The average Bonchev–Trinajstić information content (AvgIpc) is 3.18. The van der Waals surface area contributed by atoms with E-state index in [1.165, 1.54) is 10.4 Å². The largest absolute Gasteiger partial charge is 0.384 e. The molecule has 1 unspecified atom stereocenters. The van der Waals surface area contributed by atoms with Crippen LogP contribution in [-0.2, 0) is 20.7 Å². The van der Waals surface area contributed by atoms with Gasteiger partial charge in [0, 0.05) is 38.7 Å². The van der Waals surface area contributed by atoms with Crippen LogP contribution in [0, 0.1) is 5.92 Å². The van der Waals surface area contributed by atoms with Crippen LogP contribution in [0.1, 0.15) is 12.0 Å². The van der Waals surface area contributed by atoms with Crippen molar-refractivity contribution in [2.45, 2.75) is 12.8 Å². The number of thiophene rings is 1. The van der Waals surface area contributed by atoms with Gasteiger partial charge in [0.25, 0.3) is 0 Å². The van der Waals surface area contributed by atoms with Crippen LogP contribution in [0.3, 0.4) is 0 Å². The van der Waals surface area contributed by atoms with E-state index in [9.17, 15) is 9.59 Å². The van der Waals surface area contributed by atoms with E-state index in [-0.39, 0.29) is 17.7 Å². The summed E-state index contributed by atoms with van der Waals surface area (Å²) in [6, 6.07) is 12.5. The van der Waals surface area contributed by atoms with Crippen LogP contribution < -0.4 is 0 Å². The molecule has 1 aliphatic heterocycles. The van der Waals surface area contributed by atoms with E-state index in [0.29, 0.717) is 39.1 Å². The van der Waals surface area contributed by atoms with Gasteiger partial charge in [-0.05, 0) is 29.0 Å². The number of carbonyl (C=O) groups is 2. The van der Waals surface area contributed by atoms with Gasteiger partial charge in [0.2, 0.25) is 11.8 Å². The minimum absolute atomic E-state index is 0.0537. The Morgan fingerprint density at radius 3 is 2.67 bits per heavy atom. The van der Waals surface area contributed by atoms with Gasteiger partial charge in [0.1, 0.15) is 0 Å². The molecular weight excluding hydrogens is 360 g/mol. The fourth-order valence-corrected chi connectivity index (χ4v) is 4.12. The number of hydrogen-bond acceptors (Lipinski definition) is 4. The molecule has 0 bridgehead atoms. The Balaban J connectivity index is 1.70. The second kappa shape index (κ2) is 9.15. The van der Waals surface area contributed by atoms with Crippen LogP contribution in [-0.4, -0.2) is 62.0 Å². The van der Waals surface area contributed by atoms with Crippen LogP contribution in [0.25, 0.3) is 10.4 Å². The van der Waals surface area contributed by atoms with Crippen molar-refractivity contribution in [2.24, 2.45) is 5.92 Å². The Labute approximate surface area is 164 Å². The van der Waals surface area contributed by atoms with Gasteiger partial charge in [0.05, 0.1) is 18.9 Å². The minimum atomic E-state index is -0.211. The first-order valence-corrected chi connectivity index (χ1v) is 10.1. The predicted octanol–water partition coefficient (Wildman–Crippen LogP) is 2.91. The number of ether oxygens (including phenoxy) is 1. The molecule has 2 heterocycles. The fourth-order valence-electron chi connectivity index (χ4n) is 3.39. The Kier molecular flexibility index (Phi) is 6.63. The molecule has 0 aliphatic carbocycles. The lowest BCUT2D eigenvalue weighted by Crippen LogP contribution is -2.37. The maximum absolute atomic E-state index is 12.8. The third-order valence-corrected chi connectivity index (χ3v) is 5.90. The summed E-state index contributed by atoms with van der Waals surface area (Å²) in [6.45, 7) is 2.04. The van der Waals surface area contributed by atoms with Crippen LogP contribution in [0.4, 0.5) is 0 Å². The van der Waals surface area contributed by atoms with Crippen LogP contribution >= 0.6 is 11.3 Å². The summed E-state index contributed by atoms with van der Waals surface area (Å²) in [5, 5.41) is 2.07. The van der Waals surface area contributed by atoms with Gasteiger partial charge in [-0.3, -0.25) is 9.59 Å². The van der Waals surface area contributed by atoms with Crippen molar-refractivity contribution in [3.63, 3.8) is 0 Å². The van der Waals surface area contributed by atoms with E-state index in [1.807, 2.05) is 18.0 Å². The summed E-state index contributed by atoms with van der Waals surface area (Å²) >= 11 is 1.72. The lowest BCUT2D eigenvalue weighted by Gasteiger charge is -2.23. The lowest BCUT2D eigenvalue weighted by molar-refractivity contribution is -0.134. The topological polar surface area (TPSA) is 49.9 Å². The highest BCUT2D eigenvalue weighted by Gasteiger charge is 2.30. The number of carbonyl (C=O) groups excluding carboxylic acids is 2. The number of amides is 2. The smallest absolute Gasteiger partial charge is 0.227 e. The van der Waals surface area contributed by atoms with Crippen LogP contribution in [0.15, 0.2) is 41.8 Å². The molecular formula is C21H26N2O3S. The number of hydrogen-bond donors (Lipinski definition) is 0. The molecule has 1 atom stereocenters. The monoisotopic (exact) mass is 386 g/mol. The normalized spacial score (nSPS) is 17.9. The van der Waals surface area contributed by atoms with Crippen LogP contribution in [0.5, 0.6) is 0 Å². The summed E-state index contributed by atoms with van der Waals surface area (Å²) in [4.78, 5) is 30.0. The van der Waals surface area contributed by atoms with E-state index >= 15 is 0 Å². The molecule has 0 N–H and O–H groups in total. The third-order valence-electron chi connectivity index (χ3n) is 4.99. The van der Waals surface area contributed by atoms with Gasteiger partial charge < -0.3 is 14.5 Å². The zero-order valence-corrected chi connectivity index (χ0v) is 16.7. The van der Waals surface area contributed by atoms with Crippen molar-refractivity contribution in [2.75, 3.05) is 40.4 Å². The zero-order valence-electron chi connectivity index (χ0n) is 15.9. The van der Waals surface area contributed by atoms with E-state index < -0.39 is 0 Å².